The van der Waals surface area contributed by atoms with Crippen molar-refractivity contribution < 1.29 is 13.2 Å². The van der Waals surface area contributed by atoms with Gasteiger partial charge < -0.3 is 4.90 Å². The predicted molar refractivity (Wildman–Crippen MR) is 99.9 cm³/mol. The summed E-state index contributed by atoms with van der Waals surface area (Å²) in [5, 5.41) is 0. The lowest BCUT2D eigenvalue weighted by Gasteiger charge is -2.25. The van der Waals surface area contributed by atoms with Crippen molar-refractivity contribution in [3.8, 4) is 0 Å². The summed E-state index contributed by atoms with van der Waals surface area (Å²) in [6, 6.07) is 5.51. The average molecular weight is 367 g/mol. The summed E-state index contributed by atoms with van der Waals surface area (Å²) in [6.07, 6.45) is 2.34. The second kappa shape index (κ2) is 8.32. The lowest BCUT2D eigenvalue weighted by Crippen LogP contribution is -2.40. The first-order chi connectivity index (χ1) is 11.8. The Kier molecular flexibility index (Phi) is 6.63. The molecule has 140 valence electrons. The van der Waals surface area contributed by atoms with E-state index in [0.717, 1.165) is 24.0 Å². The quantitative estimate of drug-likeness (QED) is 0.805. The molecule has 0 N–H and O–H groups in total. The smallest absolute Gasteiger partial charge is 0.243 e. The first-order valence-corrected chi connectivity index (χ1v) is 10.6. The molecule has 0 radical (unpaired) electrons. The summed E-state index contributed by atoms with van der Waals surface area (Å²) in [7, 11) is -3.52. The molecule has 1 aliphatic rings. The third-order valence-corrected chi connectivity index (χ3v) is 7.10. The first-order valence-electron chi connectivity index (χ1n) is 9.17. The molecule has 1 saturated heterocycles. The third-order valence-electron chi connectivity index (χ3n) is 5.06. The van der Waals surface area contributed by atoms with E-state index in [1.165, 1.54) is 4.31 Å². The number of amides is 1. The maximum atomic E-state index is 13.1. The van der Waals surface area contributed by atoms with Crippen LogP contribution in [-0.2, 0) is 14.8 Å². The summed E-state index contributed by atoms with van der Waals surface area (Å²) in [5.41, 5.74) is 1.70. The van der Waals surface area contributed by atoms with Crippen LogP contribution in [0.2, 0.25) is 0 Å². The minimum Gasteiger partial charge on any atom is -0.341 e. The number of carbonyl (C=O) groups excluding carboxylic acids is 1. The van der Waals surface area contributed by atoms with Crippen LogP contribution < -0.4 is 0 Å². The minimum atomic E-state index is -3.52. The number of carbonyl (C=O) groups is 1. The van der Waals surface area contributed by atoms with Crippen molar-refractivity contribution in [1.29, 1.82) is 0 Å². The Morgan fingerprint density at radius 3 is 2.40 bits per heavy atom. The molecule has 0 unspecified atom stereocenters. The molecule has 1 fully saturated rings. The zero-order valence-corrected chi connectivity index (χ0v) is 16.6. The van der Waals surface area contributed by atoms with Crippen LogP contribution in [0.15, 0.2) is 23.1 Å². The van der Waals surface area contributed by atoms with Gasteiger partial charge in [0.2, 0.25) is 15.9 Å². The van der Waals surface area contributed by atoms with E-state index in [0.29, 0.717) is 37.5 Å². The number of aryl methyl sites for hydroxylation is 2. The van der Waals surface area contributed by atoms with Crippen LogP contribution in [0.4, 0.5) is 0 Å². The molecular formula is C19H30N2O3S. The summed E-state index contributed by atoms with van der Waals surface area (Å²) in [4.78, 5) is 14.8. The van der Waals surface area contributed by atoms with Crippen LogP contribution in [0, 0.1) is 19.8 Å². The highest BCUT2D eigenvalue weighted by atomic mass is 32.2. The molecule has 1 aromatic rings. The molecule has 0 bridgehead atoms. The van der Waals surface area contributed by atoms with Gasteiger partial charge in [0.05, 0.1) is 4.90 Å². The third kappa shape index (κ3) is 4.42. The molecule has 0 aromatic heterocycles. The maximum absolute atomic E-state index is 13.1. The Hall–Kier alpha value is -1.40. The second-order valence-corrected chi connectivity index (χ2v) is 8.77. The van der Waals surface area contributed by atoms with Gasteiger partial charge in [0, 0.05) is 32.1 Å². The van der Waals surface area contributed by atoms with Gasteiger partial charge in [-0.05, 0) is 50.3 Å². The fraction of sp³-hybridized carbons (Fsp3) is 0.632. The Balaban J connectivity index is 2.17. The van der Waals surface area contributed by atoms with Crippen molar-refractivity contribution >= 4 is 15.9 Å². The molecular weight excluding hydrogens is 336 g/mol. The van der Waals surface area contributed by atoms with E-state index >= 15 is 0 Å². The van der Waals surface area contributed by atoms with Crippen LogP contribution in [0.5, 0.6) is 0 Å². The lowest BCUT2D eigenvalue weighted by molar-refractivity contribution is -0.135. The van der Waals surface area contributed by atoms with Gasteiger partial charge in [-0.25, -0.2) is 8.42 Å². The topological polar surface area (TPSA) is 57.7 Å². The van der Waals surface area contributed by atoms with Gasteiger partial charge in [-0.1, -0.05) is 26.0 Å². The zero-order chi connectivity index (χ0) is 18.6. The standard InChI is InChI=1S/C19H30N2O3S/c1-5-17(6-2)19(22)20-10-7-11-21(13-12-20)25(23,24)18-14-15(3)8-9-16(18)4/h8-9,14,17H,5-7,10-13H2,1-4H3. The van der Waals surface area contributed by atoms with Gasteiger partial charge in [0.25, 0.3) is 0 Å². The van der Waals surface area contributed by atoms with Crippen molar-refractivity contribution in [2.75, 3.05) is 26.2 Å². The predicted octanol–water partition coefficient (Wildman–Crippen LogP) is 2.96. The number of rotatable bonds is 5. The number of hydrogen-bond donors (Lipinski definition) is 0. The monoisotopic (exact) mass is 366 g/mol. The highest BCUT2D eigenvalue weighted by Crippen LogP contribution is 2.23. The normalized spacial score (nSPS) is 16.9. The second-order valence-electron chi connectivity index (χ2n) is 6.87. The molecule has 1 heterocycles. The largest absolute Gasteiger partial charge is 0.341 e. The summed E-state index contributed by atoms with van der Waals surface area (Å²) in [5.74, 6) is 0.207. The number of benzene rings is 1. The van der Waals surface area contributed by atoms with E-state index in [1.807, 2.05) is 44.7 Å². The molecule has 25 heavy (non-hydrogen) atoms. The van der Waals surface area contributed by atoms with Crippen molar-refractivity contribution in [1.82, 2.24) is 9.21 Å². The van der Waals surface area contributed by atoms with Crippen LogP contribution in [0.3, 0.4) is 0 Å². The molecule has 0 atom stereocenters. The van der Waals surface area contributed by atoms with Crippen LogP contribution in [0.25, 0.3) is 0 Å². The van der Waals surface area contributed by atoms with Crippen LogP contribution >= 0.6 is 0 Å². The van der Waals surface area contributed by atoms with Crippen molar-refractivity contribution in [3.05, 3.63) is 29.3 Å². The maximum Gasteiger partial charge on any atom is 0.243 e. The Morgan fingerprint density at radius 1 is 1.08 bits per heavy atom. The SMILES string of the molecule is CCC(CC)C(=O)N1CCCN(S(=O)(=O)c2cc(C)ccc2C)CC1. The highest BCUT2D eigenvalue weighted by Gasteiger charge is 2.30. The number of sulfonamides is 1. The Bertz CT molecular complexity index is 711. The zero-order valence-electron chi connectivity index (χ0n) is 15.8. The number of hydrogen-bond acceptors (Lipinski definition) is 3. The molecule has 1 aromatic carbocycles. The highest BCUT2D eigenvalue weighted by molar-refractivity contribution is 7.89. The minimum absolute atomic E-state index is 0.0437. The van der Waals surface area contributed by atoms with Crippen LogP contribution in [0.1, 0.15) is 44.2 Å². The van der Waals surface area contributed by atoms with E-state index < -0.39 is 10.0 Å². The van der Waals surface area contributed by atoms with Gasteiger partial charge in [-0.2, -0.15) is 4.31 Å². The average Bonchev–Trinajstić information content (AvgIpc) is 2.84. The van der Waals surface area contributed by atoms with Crippen LogP contribution in [-0.4, -0.2) is 49.7 Å². The van der Waals surface area contributed by atoms with Gasteiger partial charge in [0.1, 0.15) is 0 Å². The number of nitrogens with zero attached hydrogens (tertiary/aromatic N) is 2. The summed E-state index contributed by atoms with van der Waals surface area (Å²) < 4.78 is 27.7. The summed E-state index contributed by atoms with van der Waals surface area (Å²) in [6.45, 7) is 9.71. The molecule has 6 heteroatoms. The lowest BCUT2D eigenvalue weighted by atomic mass is 10.0. The fourth-order valence-corrected chi connectivity index (χ4v) is 5.15. The Labute approximate surface area is 152 Å². The van der Waals surface area contributed by atoms with Gasteiger partial charge in [-0.3, -0.25) is 4.79 Å². The molecule has 0 aliphatic carbocycles. The fourth-order valence-electron chi connectivity index (χ4n) is 3.37. The molecule has 0 saturated carbocycles. The van der Waals surface area contributed by atoms with E-state index in [9.17, 15) is 13.2 Å². The Morgan fingerprint density at radius 2 is 1.76 bits per heavy atom. The van der Waals surface area contributed by atoms with E-state index in [4.69, 9.17) is 0 Å². The van der Waals surface area contributed by atoms with Gasteiger partial charge in [-0.15, -0.1) is 0 Å². The van der Waals surface area contributed by atoms with E-state index in [1.54, 1.807) is 6.07 Å². The first kappa shape index (κ1) is 19.9. The molecule has 1 amide bonds. The van der Waals surface area contributed by atoms with E-state index in [2.05, 4.69) is 0 Å². The molecule has 2 rings (SSSR count). The molecule has 0 spiro atoms. The van der Waals surface area contributed by atoms with Crippen molar-refractivity contribution in [3.63, 3.8) is 0 Å². The van der Waals surface area contributed by atoms with Gasteiger partial charge >= 0.3 is 0 Å². The van der Waals surface area contributed by atoms with Crippen molar-refractivity contribution in [2.45, 2.75) is 51.9 Å². The van der Waals surface area contributed by atoms with Gasteiger partial charge in [0.15, 0.2) is 0 Å². The molecule has 5 nitrogen and oxygen atoms in total. The van der Waals surface area contributed by atoms with Crippen molar-refractivity contribution in [2.24, 2.45) is 5.92 Å². The molecule has 1 aliphatic heterocycles. The summed E-state index contributed by atoms with van der Waals surface area (Å²) >= 11 is 0. The van der Waals surface area contributed by atoms with E-state index in [-0.39, 0.29) is 11.8 Å².